The predicted octanol–water partition coefficient (Wildman–Crippen LogP) is 2.25. The van der Waals surface area contributed by atoms with Gasteiger partial charge in [-0.3, -0.25) is 0 Å². The Bertz CT molecular complexity index is 491. The zero-order valence-corrected chi connectivity index (χ0v) is 9.32. The van der Waals surface area contributed by atoms with Crippen molar-refractivity contribution in [2.24, 2.45) is 0 Å². The van der Waals surface area contributed by atoms with Gasteiger partial charge in [0, 0.05) is 18.3 Å². The van der Waals surface area contributed by atoms with E-state index in [2.05, 4.69) is 52.3 Å². The lowest BCUT2D eigenvalue weighted by atomic mass is 10.2. The monoisotopic (exact) mass is 212 g/mol. The summed E-state index contributed by atoms with van der Waals surface area (Å²) in [6.07, 6.45) is 8.40. The highest BCUT2D eigenvalue weighted by Gasteiger charge is 1.98. The average molecular weight is 212 g/mol. The molecule has 0 bridgehead atoms. The number of benzene rings is 1. The molecule has 16 heavy (non-hydrogen) atoms. The molecule has 0 aliphatic rings. The Kier molecular flexibility index (Phi) is 3.63. The van der Waals surface area contributed by atoms with Crippen LogP contribution in [0.2, 0.25) is 0 Å². The second kappa shape index (κ2) is 5.39. The van der Waals surface area contributed by atoms with E-state index in [1.165, 1.54) is 10.9 Å². The van der Waals surface area contributed by atoms with Crippen molar-refractivity contribution in [3.63, 3.8) is 0 Å². The molecule has 2 rings (SSSR count). The van der Waals surface area contributed by atoms with Gasteiger partial charge in [-0.25, -0.2) is 0 Å². The number of fused-ring (bicyclic) bond motifs is 1. The van der Waals surface area contributed by atoms with Crippen molar-refractivity contribution >= 4 is 10.9 Å². The van der Waals surface area contributed by atoms with Gasteiger partial charge < -0.3 is 9.88 Å². The molecular weight excluding hydrogens is 196 g/mol. The third kappa shape index (κ3) is 2.44. The SMILES string of the molecule is C#CCNCCCn1ccc2ccccc21. The fraction of sp³-hybridized carbons (Fsp3) is 0.286. The van der Waals surface area contributed by atoms with Crippen molar-refractivity contribution in [1.29, 1.82) is 0 Å². The van der Waals surface area contributed by atoms with Crippen molar-refractivity contribution in [2.75, 3.05) is 13.1 Å². The molecule has 82 valence electrons. The molecule has 0 fully saturated rings. The molecule has 1 N–H and O–H groups in total. The molecule has 0 amide bonds. The van der Waals surface area contributed by atoms with Crippen LogP contribution >= 0.6 is 0 Å². The third-order valence-corrected chi connectivity index (χ3v) is 2.66. The number of nitrogens with one attached hydrogen (secondary N) is 1. The minimum absolute atomic E-state index is 0.659. The summed E-state index contributed by atoms with van der Waals surface area (Å²) in [4.78, 5) is 0. The maximum atomic E-state index is 5.16. The topological polar surface area (TPSA) is 17.0 Å². The van der Waals surface area contributed by atoms with Gasteiger partial charge in [-0.05, 0) is 30.5 Å². The molecule has 0 radical (unpaired) electrons. The van der Waals surface area contributed by atoms with Crippen LogP contribution in [0.15, 0.2) is 36.5 Å². The Hall–Kier alpha value is -1.72. The number of terminal acetylenes is 1. The molecule has 2 heteroatoms. The van der Waals surface area contributed by atoms with E-state index >= 15 is 0 Å². The summed E-state index contributed by atoms with van der Waals surface area (Å²) in [6, 6.07) is 10.6. The van der Waals surface area contributed by atoms with Gasteiger partial charge in [-0.2, -0.15) is 0 Å². The number of para-hydroxylation sites is 1. The van der Waals surface area contributed by atoms with Crippen LogP contribution in [0.25, 0.3) is 10.9 Å². The lowest BCUT2D eigenvalue weighted by molar-refractivity contribution is 0.616. The Morgan fingerprint density at radius 3 is 3.00 bits per heavy atom. The number of rotatable bonds is 5. The fourth-order valence-corrected chi connectivity index (χ4v) is 1.87. The van der Waals surface area contributed by atoms with Crippen molar-refractivity contribution in [2.45, 2.75) is 13.0 Å². The van der Waals surface area contributed by atoms with E-state index in [-0.39, 0.29) is 0 Å². The molecule has 0 saturated heterocycles. The lowest BCUT2D eigenvalue weighted by Gasteiger charge is -2.05. The number of hydrogen-bond acceptors (Lipinski definition) is 1. The Morgan fingerprint density at radius 1 is 1.25 bits per heavy atom. The van der Waals surface area contributed by atoms with Crippen LogP contribution in [0.1, 0.15) is 6.42 Å². The van der Waals surface area contributed by atoms with Gasteiger partial charge in [0.1, 0.15) is 0 Å². The van der Waals surface area contributed by atoms with Crippen LogP contribution in [-0.2, 0) is 6.54 Å². The lowest BCUT2D eigenvalue weighted by Crippen LogP contribution is -2.16. The summed E-state index contributed by atoms with van der Waals surface area (Å²) in [5.74, 6) is 2.57. The maximum absolute atomic E-state index is 5.16. The van der Waals surface area contributed by atoms with E-state index in [1.807, 2.05) is 0 Å². The molecule has 0 saturated carbocycles. The number of aryl methyl sites for hydroxylation is 1. The molecule has 1 aromatic heterocycles. The minimum atomic E-state index is 0.659. The summed E-state index contributed by atoms with van der Waals surface area (Å²) in [5.41, 5.74) is 1.31. The fourth-order valence-electron chi connectivity index (χ4n) is 1.87. The van der Waals surface area contributed by atoms with Gasteiger partial charge in [0.2, 0.25) is 0 Å². The van der Waals surface area contributed by atoms with Crippen LogP contribution in [0.5, 0.6) is 0 Å². The summed E-state index contributed by atoms with van der Waals surface area (Å²) in [6.45, 7) is 2.66. The van der Waals surface area contributed by atoms with E-state index < -0.39 is 0 Å². The first-order chi connectivity index (χ1) is 7.92. The maximum Gasteiger partial charge on any atom is 0.0573 e. The van der Waals surface area contributed by atoms with Gasteiger partial charge in [0.25, 0.3) is 0 Å². The quantitative estimate of drug-likeness (QED) is 0.594. The molecule has 0 unspecified atom stereocenters. The number of hydrogen-bond donors (Lipinski definition) is 1. The van der Waals surface area contributed by atoms with Crippen molar-refractivity contribution in [3.05, 3.63) is 36.5 Å². The standard InChI is InChI=1S/C14H16N2/c1-2-9-15-10-5-11-16-12-8-13-6-3-4-7-14(13)16/h1,3-4,6-8,12,15H,5,9-11H2. The first-order valence-electron chi connectivity index (χ1n) is 5.60. The number of aromatic nitrogens is 1. The Morgan fingerprint density at radius 2 is 2.12 bits per heavy atom. The van der Waals surface area contributed by atoms with Crippen LogP contribution in [0.4, 0.5) is 0 Å². The first kappa shape index (κ1) is 10.8. The molecule has 2 nitrogen and oxygen atoms in total. The smallest absolute Gasteiger partial charge is 0.0573 e. The zero-order valence-electron chi connectivity index (χ0n) is 9.32. The van der Waals surface area contributed by atoms with Gasteiger partial charge in [-0.1, -0.05) is 24.1 Å². The van der Waals surface area contributed by atoms with Crippen LogP contribution < -0.4 is 5.32 Å². The largest absolute Gasteiger partial charge is 0.347 e. The summed E-state index contributed by atoms with van der Waals surface area (Å²) < 4.78 is 2.28. The van der Waals surface area contributed by atoms with E-state index in [0.29, 0.717) is 6.54 Å². The second-order valence-electron chi connectivity index (χ2n) is 3.80. The third-order valence-electron chi connectivity index (χ3n) is 2.66. The molecule has 0 spiro atoms. The predicted molar refractivity (Wildman–Crippen MR) is 68.3 cm³/mol. The van der Waals surface area contributed by atoms with Crippen LogP contribution in [0.3, 0.4) is 0 Å². The molecule has 2 aromatic rings. The van der Waals surface area contributed by atoms with E-state index in [9.17, 15) is 0 Å². The van der Waals surface area contributed by atoms with Gasteiger partial charge in [0.15, 0.2) is 0 Å². The average Bonchev–Trinajstić information content (AvgIpc) is 2.73. The molecule has 0 atom stereocenters. The van der Waals surface area contributed by atoms with Gasteiger partial charge in [0.05, 0.1) is 6.54 Å². The number of nitrogens with zero attached hydrogens (tertiary/aromatic N) is 1. The van der Waals surface area contributed by atoms with E-state index in [4.69, 9.17) is 6.42 Å². The molecule has 1 heterocycles. The van der Waals surface area contributed by atoms with Crippen LogP contribution in [-0.4, -0.2) is 17.7 Å². The highest BCUT2D eigenvalue weighted by molar-refractivity contribution is 5.79. The molecule has 0 aliphatic heterocycles. The molecule has 1 aromatic carbocycles. The zero-order chi connectivity index (χ0) is 11.2. The Balaban J connectivity index is 1.92. The van der Waals surface area contributed by atoms with Gasteiger partial charge in [-0.15, -0.1) is 6.42 Å². The van der Waals surface area contributed by atoms with Crippen molar-refractivity contribution in [1.82, 2.24) is 9.88 Å². The van der Waals surface area contributed by atoms with E-state index in [0.717, 1.165) is 19.5 Å². The van der Waals surface area contributed by atoms with Crippen LogP contribution in [0, 0.1) is 12.3 Å². The highest BCUT2D eigenvalue weighted by Crippen LogP contribution is 2.14. The minimum Gasteiger partial charge on any atom is -0.347 e. The summed E-state index contributed by atoms with van der Waals surface area (Å²) in [5, 5.41) is 4.50. The molecular formula is C14H16N2. The normalized spacial score (nSPS) is 10.4. The summed E-state index contributed by atoms with van der Waals surface area (Å²) in [7, 11) is 0. The Labute approximate surface area is 96.3 Å². The highest BCUT2D eigenvalue weighted by atomic mass is 15.0. The molecule has 0 aliphatic carbocycles. The van der Waals surface area contributed by atoms with Crippen molar-refractivity contribution in [3.8, 4) is 12.3 Å². The first-order valence-corrected chi connectivity index (χ1v) is 5.60. The van der Waals surface area contributed by atoms with Gasteiger partial charge >= 0.3 is 0 Å². The van der Waals surface area contributed by atoms with Crippen molar-refractivity contribution < 1.29 is 0 Å². The van der Waals surface area contributed by atoms with E-state index in [1.54, 1.807) is 0 Å². The second-order valence-corrected chi connectivity index (χ2v) is 3.80. The summed E-state index contributed by atoms with van der Waals surface area (Å²) >= 11 is 0.